The van der Waals surface area contributed by atoms with E-state index in [4.69, 9.17) is 5.73 Å². The number of nitrogens with one attached hydrogen (secondary N) is 1. The third kappa shape index (κ3) is 3.62. The number of amides is 1. The molecule has 0 aliphatic heterocycles. The molecule has 0 heterocycles. The average Bonchev–Trinajstić information content (AvgIpc) is 2.16. The summed E-state index contributed by atoms with van der Waals surface area (Å²) in [6.45, 7) is 3.74. The van der Waals surface area contributed by atoms with Crippen LogP contribution < -0.4 is 11.1 Å². The lowest BCUT2D eigenvalue weighted by atomic mass is 10.0. The van der Waals surface area contributed by atoms with E-state index in [0.717, 1.165) is 0 Å². The number of benzene rings is 1. The zero-order chi connectivity index (χ0) is 12.1. The van der Waals surface area contributed by atoms with Gasteiger partial charge < -0.3 is 11.1 Å². The number of carbonyl (C=O) groups excluding carboxylic acids is 1. The van der Waals surface area contributed by atoms with Crippen LogP contribution in [-0.4, -0.2) is 11.9 Å². The van der Waals surface area contributed by atoms with Crippen molar-refractivity contribution in [3.05, 3.63) is 35.6 Å². The summed E-state index contributed by atoms with van der Waals surface area (Å²) >= 11 is 0. The molecule has 1 unspecified atom stereocenters. The van der Waals surface area contributed by atoms with Crippen molar-refractivity contribution < 1.29 is 9.18 Å². The van der Waals surface area contributed by atoms with E-state index in [1.807, 2.05) is 13.8 Å². The fourth-order valence-corrected chi connectivity index (χ4v) is 1.47. The van der Waals surface area contributed by atoms with Gasteiger partial charge in [0.15, 0.2) is 0 Å². The first-order valence-electron chi connectivity index (χ1n) is 5.30. The largest absolute Gasteiger partial charge is 0.354 e. The zero-order valence-corrected chi connectivity index (χ0v) is 9.53. The van der Waals surface area contributed by atoms with E-state index in [0.29, 0.717) is 5.56 Å². The Morgan fingerprint density at radius 1 is 1.44 bits per heavy atom. The Morgan fingerprint density at radius 2 is 2.06 bits per heavy atom. The quantitative estimate of drug-likeness (QED) is 0.818. The Balaban J connectivity index is 2.62. The van der Waals surface area contributed by atoms with Crippen molar-refractivity contribution >= 4 is 5.91 Å². The SMILES string of the molecule is CC(C)NC(=O)CC(N)c1ccccc1F. The molecule has 0 saturated heterocycles. The van der Waals surface area contributed by atoms with Crippen molar-refractivity contribution in [1.29, 1.82) is 0 Å². The highest BCUT2D eigenvalue weighted by atomic mass is 19.1. The van der Waals surface area contributed by atoms with Crippen molar-refractivity contribution in [2.24, 2.45) is 5.73 Å². The van der Waals surface area contributed by atoms with Gasteiger partial charge in [-0.2, -0.15) is 0 Å². The summed E-state index contributed by atoms with van der Waals surface area (Å²) in [6, 6.07) is 5.72. The van der Waals surface area contributed by atoms with Crippen LogP contribution >= 0.6 is 0 Å². The molecule has 0 aliphatic carbocycles. The maximum atomic E-state index is 13.3. The molecule has 1 aromatic rings. The van der Waals surface area contributed by atoms with E-state index < -0.39 is 6.04 Å². The number of rotatable bonds is 4. The predicted molar refractivity (Wildman–Crippen MR) is 61.2 cm³/mol. The molecule has 1 aromatic carbocycles. The number of hydrogen-bond acceptors (Lipinski definition) is 2. The molecule has 0 aromatic heterocycles. The molecule has 0 bridgehead atoms. The number of carbonyl (C=O) groups is 1. The lowest BCUT2D eigenvalue weighted by molar-refractivity contribution is -0.121. The van der Waals surface area contributed by atoms with Crippen molar-refractivity contribution in [3.63, 3.8) is 0 Å². The average molecular weight is 224 g/mol. The first-order chi connectivity index (χ1) is 7.50. The topological polar surface area (TPSA) is 55.1 Å². The fourth-order valence-electron chi connectivity index (χ4n) is 1.47. The van der Waals surface area contributed by atoms with Crippen molar-refractivity contribution in [1.82, 2.24) is 5.32 Å². The molecule has 1 amide bonds. The Hall–Kier alpha value is -1.42. The van der Waals surface area contributed by atoms with E-state index in [2.05, 4.69) is 5.32 Å². The van der Waals surface area contributed by atoms with Gasteiger partial charge in [0.25, 0.3) is 0 Å². The third-order valence-corrected chi connectivity index (χ3v) is 2.16. The molecule has 0 radical (unpaired) electrons. The highest BCUT2D eigenvalue weighted by molar-refractivity contribution is 5.77. The second-order valence-corrected chi connectivity index (χ2v) is 4.05. The molecule has 1 rings (SSSR count). The Morgan fingerprint density at radius 3 is 2.62 bits per heavy atom. The van der Waals surface area contributed by atoms with Gasteiger partial charge in [-0.3, -0.25) is 4.79 Å². The van der Waals surface area contributed by atoms with E-state index >= 15 is 0 Å². The molecular weight excluding hydrogens is 207 g/mol. The minimum atomic E-state index is -0.597. The molecule has 0 aliphatic rings. The second-order valence-electron chi connectivity index (χ2n) is 4.05. The molecule has 0 saturated carbocycles. The summed E-state index contributed by atoms with van der Waals surface area (Å²) in [5, 5.41) is 2.72. The molecule has 0 fully saturated rings. The van der Waals surface area contributed by atoms with E-state index in [1.165, 1.54) is 6.07 Å². The summed E-state index contributed by atoms with van der Waals surface area (Å²) in [5.74, 6) is -0.530. The van der Waals surface area contributed by atoms with Crippen LogP contribution in [-0.2, 0) is 4.79 Å². The minimum absolute atomic E-state index is 0.0697. The van der Waals surface area contributed by atoms with Crippen LogP contribution in [0.1, 0.15) is 31.9 Å². The number of nitrogens with two attached hydrogens (primary N) is 1. The van der Waals surface area contributed by atoms with Gasteiger partial charge in [-0.25, -0.2) is 4.39 Å². The zero-order valence-electron chi connectivity index (χ0n) is 9.53. The van der Waals surface area contributed by atoms with Crippen LogP contribution in [0.2, 0.25) is 0 Å². The first kappa shape index (κ1) is 12.6. The second kappa shape index (κ2) is 5.61. The van der Waals surface area contributed by atoms with Gasteiger partial charge in [0.2, 0.25) is 5.91 Å². The van der Waals surface area contributed by atoms with Crippen LogP contribution in [0, 0.1) is 5.82 Å². The summed E-state index contributed by atoms with van der Waals surface area (Å²) in [6.07, 6.45) is 0.0963. The van der Waals surface area contributed by atoms with Crippen LogP contribution in [0.5, 0.6) is 0 Å². The predicted octanol–water partition coefficient (Wildman–Crippen LogP) is 1.74. The lowest BCUT2D eigenvalue weighted by Gasteiger charge is -2.14. The Labute approximate surface area is 94.8 Å². The summed E-state index contributed by atoms with van der Waals surface area (Å²) in [4.78, 5) is 11.4. The van der Waals surface area contributed by atoms with Crippen LogP contribution in [0.4, 0.5) is 4.39 Å². The van der Waals surface area contributed by atoms with Gasteiger partial charge in [0.1, 0.15) is 5.82 Å². The van der Waals surface area contributed by atoms with Crippen LogP contribution in [0.3, 0.4) is 0 Å². The Bertz CT molecular complexity index is 366. The molecular formula is C12H17FN2O. The van der Waals surface area contributed by atoms with Crippen LogP contribution in [0.15, 0.2) is 24.3 Å². The fraction of sp³-hybridized carbons (Fsp3) is 0.417. The van der Waals surface area contributed by atoms with E-state index in [1.54, 1.807) is 18.2 Å². The number of hydrogen-bond donors (Lipinski definition) is 2. The Kier molecular flexibility index (Phi) is 4.43. The smallest absolute Gasteiger partial charge is 0.222 e. The first-order valence-corrected chi connectivity index (χ1v) is 5.30. The maximum Gasteiger partial charge on any atom is 0.222 e. The van der Waals surface area contributed by atoms with Gasteiger partial charge in [-0.1, -0.05) is 18.2 Å². The molecule has 3 N–H and O–H groups in total. The van der Waals surface area contributed by atoms with Gasteiger partial charge in [-0.15, -0.1) is 0 Å². The van der Waals surface area contributed by atoms with Crippen LogP contribution in [0.25, 0.3) is 0 Å². The standard InChI is InChI=1S/C12H17FN2O/c1-8(2)15-12(16)7-11(14)9-5-3-4-6-10(9)13/h3-6,8,11H,7,14H2,1-2H3,(H,15,16). The molecule has 0 spiro atoms. The van der Waals surface area contributed by atoms with Gasteiger partial charge in [-0.05, 0) is 19.9 Å². The lowest BCUT2D eigenvalue weighted by Crippen LogP contribution is -2.32. The van der Waals surface area contributed by atoms with E-state index in [9.17, 15) is 9.18 Å². The van der Waals surface area contributed by atoms with Gasteiger partial charge >= 0.3 is 0 Å². The molecule has 3 nitrogen and oxygen atoms in total. The summed E-state index contributed by atoms with van der Waals surface area (Å²) in [7, 11) is 0. The highest BCUT2D eigenvalue weighted by Gasteiger charge is 2.15. The third-order valence-electron chi connectivity index (χ3n) is 2.16. The minimum Gasteiger partial charge on any atom is -0.354 e. The number of halogens is 1. The summed E-state index contributed by atoms with van der Waals surface area (Å²) < 4.78 is 13.3. The molecule has 4 heteroatoms. The monoisotopic (exact) mass is 224 g/mol. The van der Waals surface area contributed by atoms with Gasteiger partial charge in [0, 0.05) is 24.1 Å². The van der Waals surface area contributed by atoms with Crippen molar-refractivity contribution in [2.75, 3.05) is 0 Å². The molecule has 1 atom stereocenters. The van der Waals surface area contributed by atoms with Crippen molar-refractivity contribution in [2.45, 2.75) is 32.4 Å². The molecule has 88 valence electrons. The maximum absolute atomic E-state index is 13.3. The van der Waals surface area contributed by atoms with Gasteiger partial charge in [0.05, 0.1) is 0 Å². The molecule has 16 heavy (non-hydrogen) atoms. The summed E-state index contributed by atoms with van der Waals surface area (Å²) in [5.41, 5.74) is 6.15. The highest BCUT2D eigenvalue weighted by Crippen LogP contribution is 2.17. The normalized spacial score (nSPS) is 12.6. The van der Waals surface area contributed by atoms with E-state index in [-0.39, 0.29) is 24.2 Å². The van der Waals surface area contributed by atoms with Crippen molar-refractivity contribution in [3.8, 4) is 0 Å².